The number of pyridine rings is 1. The highest BCUT2D eigenvalue weighted by molar-refractivity contribution is 5.94. The van der Waals surface area contributed by atoms with Crippen LogP contribution in [0, 0.1) is 5.82 Å². The first kappa shape index (κ1) is 19.3. The third-order valence-electron chi connectivity index (χ3n) is 5.41. The van der Waals surface area contributed by atoms with Crippen LogP contribution >= 0.6 is 0 Å². The minimum Gasteiger partial charge on any atom is -0.346 e. The second-order valence-electron chi connectivity index (χ2n) is 7.35. The number of nitrogens with zero attached hydrogens (tertiary/aromatic N) is 3. The molecule has 3 aromatic rings. The second kappa shape index (κ2) is 8.53. The number of hydrogen-bond donors (Lipinski definition) is 2. The summed E-state index contributed by atoms with van der Waals surface area (Å²) in [6, 6.07) is 10.7. The Morgan fingerprint density at radius 3 is 2.79 bits per heavy atom. The fourth-order valence-corrected chi connectivity index (χ4v) is 3.81. The molecule has 1 unspecified atom stereocenters. The van der Waals surface area contributed by atoms with Gasteiger partial charge in [-0.05, 0) is 43.0 Å². The highest BCUT2D eigenvalue weighted by Gasteiger charge is 2.28. The molecule has 0 spiro atoms. The smallest absolute Gasteiger partial charge is 0.272 e. The molecule has 2 heterocycles. The van der Waals surface area contributed by atoms with Gasteiger partial charge in [-0.15, -0.1) is 0 Å². The maximum absolute atomic E-state index is 13.8. The minimum absolute atomic E-state index is 0.139. The summed E-state index contributed by atoms with van der Waals surface area (Å²) in [5.74, 6) is -0.587. The maximum Gasteiger partial charge on any atom is 0.272 e. The van der Waals surface area contributed by atoms with Crippen molar-refractivity contribution >= 4 is 5.91 Å². The maximum atomic E-state index is 13.8. The van der Waals surface area contributed by atoms with Gasteiger partial charge in [-0.2, -0.15) is 5.10 Å². The number of carbonyl (C=O) groups excluding carboxylic acids is 1. The number of fused-ring (bicyclic) bond motifs is 1. The SMILES string of the molecule is Cn1nc(C(=O)NCc2ccccc2F)c2c1CCC(NCc1ccncc1)C2. The summed E-state index contributed by atoms with van der Waals surface area (Å²) < 4.78 is 15.6. The van der Waals surface area contributed by atoms with Gasteiger partial charge < -0.3 is 10.6 Å². The first-order chi connectivity index (χ1) is 14.1. The van der Waals surface area contributed by atoms with Crippen molar-refractivity contribution in [2.75, 3.05) is 0 Å². The lowest BCUT2D eigenvalue weighted by Crippen LogP contribution is -2.35. The van der Waals surface area contributed by atoms with Crippen molar-refractivity contribution in [1.29, 1.82) is 0 Å². The molecule has 0 fully saturated rings. The lowest BCUT2D eigenvalue weighted by atomic mass is 9.91. The second-order valence-corrected chi connectivity index (χ2v) is 7.35. The Morgan fingerprint density at radius 2 is 2.00 bits per heavy atom. The van der Waals surface area contributed by atoms with E-state index in [4.69, 9.17) is 0 Å². The Labute approximate surface area is 169 Å². The van der Waals surface area contributed by atoms with E-state index in [1.165, 1.54) is 11.6 Å². The fourth-order valence-electron chi connectivity index (χ4n) is 3.81. The summed E-state index contributed by atoms with van der Waals surface area (Å²) in [5, 5.41) is 10.8. The van der Waals surface area contributed by atoms with Crippen LogP contribution in [0.4, 0.5) is 4.39 Å². The number of carbonyl (C=O) groups is 1. The summed E-state index contributed by atoms with van der Waals surface area (Å²) in [4.78, 5) is 16.8. The number of aromatic nitrogens is 3. The van der Waals surface area contributed by atoms with Crippen molar-refractivity contribution in [3.8, 4) is 0 Å². The van der Waals surface area contributed by atoms with Crippen LogP contribution in [0.5, 0.6) is 0 Å². The molecule has 1 atom stereocenters. The molecule has 0 radical (unpaired) electrons. The molecule has 0 aliphatic heterocycles. The monoisotopic (exact) mass is 393 g/mol. The molecule has 1 aromatic carbocycles. The zero-order valence-corrected chi connectivity index (χ0v) is 16.4. The average molecular weight is 393 g/mol. The van der Waals surface area contributed by atoms with Crippen LogP contribution in [-0.2, 0) is 33.0 Å². The summed E-state index contributed by atoms with van der Waals surface area (Å²) in [7, 11) is 1.87. The van der Waals surface area contributed by atoms with Gasteiger partial charge in [0.25, 0.3) is 5.91 Å². The number of rotatable bonds is 6. The van der Waals surface area contributed by atoms with E-state index >= 15 is 0 Å². The zero-order chi connectivity index (χ0) is 20.2. The molecule has 7 heteroatoms. The van der Waals surface area contributed by atoms with E-state index < -0.39 is 0 Å². The van der Waals surface area contributed by atoms with E-state index in [-0.39, 0.29) is 24.3 Å². The third kappa shape index (κ3) is 4.35. The minimum atomic E-state index is -0.323. The number of aryl methyl sites for hydroxylation is 1. The molecule has 1 aliphatic rings. The summed E-state index contributed by atoms with van der Waals surface area (Å²) >= 11 is 0. The average Bonchev–Trinajstić information content (AvgIpc) is 3.08. The number of nitrogens with one attached hydrogen (secondary N) is 2. The lowest BCUT2D eigenvalue weighted by Gasteiger charge is -2.24. The molecular formula is C22H24FN5O. The van der Waals surface area contributed by atoms with Gasteiger partial charge in [0, 0.05) is 55.4 Å². The molecule has 4 rings (SSSR count). The van der Waals surface area contributed by atoms with Gasteiger partial charge >= 0.3 is 0 Å². The van der Waals surface area contributed by atoms with Gasteiger partial charge in [-0.3, -0.25) is 14.5 Å². The van der Waals surface area contributed by atoms with Crippen LogP contribution in [0.15, 0.2) is 48.8 Å². The van der Waals surface area contributed by atoms with Crippen molar-refractivity contribution in [3.05, 3.63) is 82.7 Å². The summed E-state index contributed by atoms with van der Waals surface area (Å²) in [6.07, 6.45) is 6.18. The number of amides is 1. The van der Waals surface area contributed by atoms with Crippen LogP contribution in [0.25, 0.3) is 0 Å². The van der Waals surface area contributed by atoms with E-state index in [9.17, 15) is 9.18 Å². The van der Waals surface area contributed by atoms with Gasteiger partial charge in [0.2, 0.25) is 0 Å². The van der Waals surface area contributed by atoms with Crippen molar-refractivity contribution in [1.82, 2.24) is 25.4 Å². The molecule has 6 nitrogen and oxygen atoms in total. The number of halogens is 1. The standard InChI is InChI=1S/C22H24FN5O/c1-28-20-7-6-17(25-13-15-8-10-24-11-9-15)12-18(20)21(27-28)22(29)26-14-16-4-2-3-5-19(16)23/h2-5,8-11,17,25H,6-7,12-14H2,1H3,(H,26,29). The van der Waals surface area contributed by atoms with E-state index in [0.717, 1.165) is 37.1 Å². The molecule has 2 N–H and O–H groups in total. The van der Waals surface area contributed by atoms with Crippen molar-refractivity contribution < 1.29 is 9.18 Å². The van der Waals surface area contributed by atoms with Gasteiger partial charge in [-0.1, -0.05) is 18.2 Å². The van der Waals surface area contributed by atoms with E-state index in [0.29, 0.717) is 11.3 Å². The van der Waals surface area contributed by atoms with Gasteiger partial charge in [-0.25, -0.2) is 4.39 Å². The number of benzene rings is 1. The first-order valence-corrected chi connectivity index (χ1v) is 9.80. The first-order valence-electron chi connectivity index (χ1n) is 9.80. The van der Waals surface area contributed by atoms with Crippen LogP contribution in [0.1, 0.15) is 39.3 Å². The molecule has 0 saturated carbocycles. The van der Waals surface area contributed by atoms with Gasteiger partial charge in [0.05, 0.1) is 0 Å². The molecule has 0 saturated heterocycles. The zero-order valence-electron chi connectivity index (χ0n) is 16.4. The normalized spacial score (nSPS) is 15.7. The van der Waals surface area contributed by atoms with Crippen LogP contribution in [0.2, 0.25) is 0 Å². The fraction of sp³-hybridized carbons (Fsp3) is 0.318. The van der Waals surface area contributed by atoms with E-state index in [1.807, 2.05) is 19.2 Å². The molecule has 0 bridgehead atoms. The molecule has 150 valence electrons. The third-order valence-corrected chi connectivity index (χ3v) is 5.41. The predicted molar refractivity (Wildman–Crippen MR) is 108 cm³/mol. The Balaban J connectivity index is 1.43. The molecular weight excluding hydrogens is 369 g/mol. The summed E-state index contributed by atoms with van der Waals surface area (Å²) in [6.45, 7) is 0.901. The highest BCUT2D eigenvalue weighted by Crippen LogP contribution is 2.24. The van der Waals surface area contributed by atoms with Crippen molar-refractivity contribution in [2.45, 2.75) is 38.4 Å². The quantitative estimate of drug-likeness (QED) is 0.675. The van der Waals surface area contributed by atoms with Crippen LogP contribution < -0.4 is 10.6 Å². The Kier molecular flexibility index (Phi) is 5.67. The Hall–Kier alpha value is -3.06. The Bertz CT molecular complexity index is 1000. The van der Waals surface area contributed by atoms with Gasteiger partial charge in [0.15, 0.2) is 5.69 Å². The van der Waals surface area contributed by atoms with Crippen molar-refractivity contribution in [2.24, 2.45) is 7.05 Å². The van der Waals surface area contributed by atoms with E-state index in [1.54, 1.807) is 35.3 Å². The molecule has 1 aliphatic carbocycles. The molecule has 29 heavy (non-hydrogen) atoms. The van der Waals surface area contributed by atoms with E-state index in [2.05, 4.69) is 20.7 Å². The van der Waals surface area contributed by atoms with Gasteiger partial charge in [0.1, 0.15) is 5.82 Å². The largest absolute Gasteiger partial charge is 0.346 e. The van der Waals surface area contributed by atoms with Crippen LogP contribution in [0.3, 0.4) is 0 Å². The van der Waals surface area contributed by atoms with Crippen molar-refractivity contribution in [3.63, 3.8) is 0 Å². The Morgan fingerprint density at radius 1 is 1.21 bits per heavy atom. The van der Waals surface area contributed by atoms with Crippen LogP contribution in [-0.4, -0.2) is 26.7 Å². The molecule has 2 aromatic heterocycles. The molecule has 1 amide bonds. The topological polar surface area (TPSA) is 71.8 Å². The lowest BCUT2D eigenvalue weighted by molar-refractivity contribution is 0.0943. The highest BCUT2D eigenvalue weighted by atomic mass is 19.1. The summed E-state index contributed by atoms with van der Waals surface area (Å²) in [5.41, 5.74) is 4.16. The predicted octanol–water partition coefficient (Wildman–Crippen LogP) is 2.53. The number of hydrogen-bond acceptors (Lipinski definition) is 4.